The lowest BCUT2D eigenvalue weighted by Crippen LogP contribution is -2.33. The van der Waals surface area contributed by atoms with Gasteiger partial charge in [0.05, 0.1) is 18.4 Å². The molecule has 0 unspecified atom stereocenters. The van der Waals surface area contributed by atoms with Gasteiger partial charge in [-0.2, -0.15) is 0 Å². The van der Waals surface area contributed by atoms with Crippen molar-refractivity contribution < 1.29 is 14.3 Å². The van der Waals surface area contributed by atoms with Gasteiger partial charge < -0.3 is 10.1 Å². The molecule has 34 heavy (non-hydrogen) atoms. The number of ether oxygens (including phenoxy) is 1. The molecule has 4 aromatic carbocycles. The van der Waals surface area contributed by atoms with Crippen LogP contribution in [0.25, 0.3) is 16.3 Å². The second-order valence-corrected chi connectivity index (χ2v) is 8.29. The monoisotopic (exact) mass is 448 g/mol. The Morgan fingerprint density at radius 1 is 0.765 bits per heavy atom. The first-order valence-corrected chi connectivity index (χ1v) is 11.1. The van der Waals surface area contributed by atoms with Gasteiger partial charge in [-0.05, 0) is 60.2 Å². The zero-order chi connectivity index (χ0) is 23.8. The molecule has 0 spiro atoms. The maximum atomic E-state index is 13.8. The molecule has 0 saturated carbocycles. The molecule has 0 fully saturated rings. The fourth-order valence-corrected chi connectivity index (χ4v) is 4.34. The van der Waals surface area contributed by atoms with Gasteiger partial charge in [-0.15, -0.1) is 0 Å². The summed E-state index contributed by atoms with van der Waals surface area (Å²) in [5.41, 5.74) is 4.51. The highest BCUT2D eigenvalue weighted by Crippen LogP contribution is 2.37. The van der Waals surface area contributed by atoms with E-state index in [4.69, 9.17) is 4.74 Å². The van der Waals surface area contributed by atoms with Crippen molar-refractivity contribution in [2.24, 2.45) is 0 Å². The Morgan fingerprint density at radius 2 is 1.47 bits per heavy atom. The number of anilines is 2. The number of aryl methyl sites for hydroxylation is 1. The number of hydrogen-bond donors (Lipinski definition) is 1. The minimum atomic E-state index is -0.377. The highest BCUT2D eigenvalue weighted by atomic mass is 16.5. The second kappa shape index (κ2) is 8.52. The van der Waals surface area contributed by atoms with Crippen LogP contribution >= 0.6 is 0 Å². The van der Waals surface area contributed by atoms with Gasteiger partial charge in [0, 0.05) is 11.1 Å². The minimum Gasteiger partial charge on any atom is -0.497 e. The van der Waals surface area contributed by atoms with Crippen LogP contribution in [-0.4, -0.2) is 18.9 Å². The molecular formula is C29H24N2O3. The molecule has 5 rings (SSSR count). The number of carbonyl (C=O) groups is 2. The lowest BCUT2D eigenvalue weighted by molar-refractivity contribution is -0.120. The normalized spacial score (nSPS) is 13.7. The van der Waals surface area contributed by atoms with Crippen LogP contribution < -0.4 is 15.0 Å². The summed E-state index contributed by atoms with van der Waals surface area (Å²) in [4.78, 5) is 28.8. The van der Waals surface area contributed by atoms with Gasteiger partial charge in [-0.3, -0.25) is 9.59 Å². The Hall–Kier alpha value is -4.38. The van der Waals surface area contributed by atoms with Crippen molar-refractivity contribution >= 4 is 39.5 Å². The second-order valence-electron chi connectivity index (χ2n) is 8.29. The van der Waals surface area contributed by atoms with Crippen molar-refractivity contribution in [3.05, 3.63) is 107 Å². The lowest BCUT2D eigenvalue weighted by atomic mass is 10.0. The standard InChI is InChI=1S/C29H24N2O3/c1-18-8-6-13-25(19(18)2)31-28(32)26(21-14-16-22(34-3)17-15-21)27(29(31)33)30-24-12-7-10-20-9-4-5-11-23(20)24/h4-17,30H,1-3H3. The third-order valence-corrected chi connectivity index (χ3v) is 6.33. The van der Waals surface area contributed by atoms with Crippen molar-refractivity contribution in [1.29, 1.82) is 0 Å². The molecule has 5 nitrogen and oxygen atoms in total. The average Bonchev–Trinajstić information content (AvgIpc) is 3.10. The first kappa shape index (κ1) is 21.5. The Bertz CT molecular complexity index is 1460. The third kappa shape index (κ3) is 3.52. The summed E-state index contributed by atoms with van der Waals surface area (Å²) in [5, 5.41) is 5.32. The predicted molar refractivity (Wildman–Crippen MR) is 136 cm³/mol. The molecule has 1 heterocycles. The SMILES string of the molecule is COc1ccc(C2=C(Nc3cccc4ccccc34)C(=O)N(c3cccc(C)c3C)C2=O)cc1. The molecular weight excluding hydrogens is 424 g/mol. The number of imide groups is 1. The van der Waals surface area contributed by atoms with E-state index < -0.39 is 0 Å². The summed E-state index contributed by atoms with van der Waals surface area (Å²) >= 11 is 0. The van der Waals surface area contributed by atoms with E-state index in [2.05, 4.69) is 5.32 Å². The number of rotatable bonds is 5. The van der Waals surface area contributed by atoms with Crippen LogP contribution in [0.15, 0.2) is 90.6 Å². The molecule has 0 radical (unpaired) electrons. The zero-order valence-corrected chi connectivity index (χ0v) is 19.3. The van der Waals surface area contributed by atoms with Crippen molar-refractivity contribution in [1.82, 2.24) is 0 Å². The molecule has 0 aromatic heterocycles. The number of hydrogen-bond acceptors (Lipinski definition) is 4. The number of methoxy groups -OCH3 is 1. The Labute approximate surface area is 198 Å². The molecule has 5 heteroatoms. The number of nitrogens with zero attached hydrogens (tertiary/aromatic N) is 1. The molecule has 0 atom stereocenters. The molecule has 1 N–H and O–H groups in total. The quantitative estimate of drug-likeness (QED) is 0.389. The van der Waals surface area contributed by atoms with Gasteiger partial charge in [-0.25, -0.2) is 4.90 Å². The van der Waals surface area contributed by atoms with Crippen molar-refractivity contribution in [2.45, 2.75) is 13.8 Å². The maximum absolute atomic E-state index is 13.8. The molecule has 0 saturated heterocycles. The summed E-state index contributed by atoms with van der Waals surface area (Å²) in [6.45, 7) is 3.89. The predicted octanol–water partition coefficient (Wildman–Crippen LogP) is 5.86. The summed E-state index contributed by atoms with van der Waals surface area (Å²) in [6, 6.07) is 26.6. The Kier molecular flexibility index (Phi) is 5.38. The molecule has 2 amide bonds. The van der Waals surface area contributed by atoms with Crippen LogP contribution in [-0.2, 0) is 9.59 Å². The number of amides is 2. The van der Waals surface area contributed by atoms with Crippen LogP contribution in [0.2, 0.25) is 0 Å². The van der Waals surface area contributed by atoms with Crippen LogP contribution in [0, 0.1) is 13.8 Å². The van der Waals surface area contributed by atoms with E-state index in [0.29, 0.717) is 22.6 Å². The lowest BCUT2D eigenvalue weighted by Gasteiger charge is -2.19. The van der Waals surface area contributed by atoms with Crippen molar-refractivity contribution in [2.75, 3.05) is 17.3 Å². The topological polar surface area (TPSA) is 58.6 Å². The number of carbonyl (C=O) groups excluding carboxylic acids is 2. The van der Waals surface area contributed by atoms with E-state index >= 15 is 0 Å². The van der Waals surface area contributed by atoms with Gasteiger partial charge in [0.25, 0.3) is 11.8 Å². The molecule has 0 aliphatic carbocycles. The fourth-order valence-electron chi connectivity index (χ4n) is 4.34. The third-order valence-electron chi connectivity index (χ3n) is 6.33. The summed E-state index contributed by atoms with van der Waals surface area (Å²) in [5.74, 6) is -0.0554. The summed E-state index contributed by atoms with van der Waals surface area (Å²) in [6.07, 6.45) is 0. The highest BCUT2D eigenvalue weighted by molar-refractivity contribution is 6.46. The molecule has 4 aromatic rings. The van der Waals surface area contributed by atoms with Gasteiger partial charge in [0.15, 0.2) is 0 Å². The largest absolute Gasteiger partial charge is 0.497 e. The van der Waals surface area contributed by atoms with E-state index in [1.165, 1.54) is 4.90 Å². The molecule has 0 bridgehead atoms. The van der Waals surface area contributed by atoms with Crippen molar-refractivity contribution in [3.8, 4) is 5.75 Å². The smallest absolute Gasteiger partial charge is 0.282 e. The van der Waals surface area contributed by atoms with E-state index in [-0.39, 0.29) is 17.5 Å². The summed E-state index contributed by atoms with van der Waals surface area (Å²) < 4.78 is 5.28. The Balaban J connectivity index is 1.67. The number of benzene rings is 4. The van der Waals surface area contributed by atoms with Crippen molar-refractivity contribution in [3.63, 3.8) is 0 Å². The van der Waals surface area contributed by atoms with Gasteiger partial charge >= 0.3 is 0 Å². The summed E-state index contributed by atoms with van der Waals surface area (Å²) in [7, 11) is 1.59. The van der Waals surface area contributed by atoms with Crippen LogP contribution in [0.4, 0.5) is 11.4 Å². The average molecular weight is 449 g/mol. The van der Waals surface area contributed by atoms with E-state index in [1.807, 2.05) is 74.5 Å². The molecule has 168 valence electrons. The van der Waals surface area contributed by atoms with Crippen LogP contribution in [0.5, 0.6) is 5.75 Å². The zero-order valence-electron chi connectivity index (χ0n) is 19.3. The van der Waals surface area contributed by atoms with Gasteiger partial charge in [0.1, 0.15) is 11.4 Å². The number of nitrogens with one attached hydrogen (secondary N) is 1. The first-order valence-electron chi connectivity index (χ1n) is 11.1. The van der Waals surface area contributed by atoms with E-state index in [9.17, 15) is 9.59 Å². The minimum absolute atomic E-state index is 0.257. The molecule has 1 aliphatic rings. The first-order chi connectivity index (χ1) is 16.5. The highest BCUT2D eigenvalue weighted by Gasteiger charge is 2.41. The molecule has 1 aliphatic heterocycles. The van der Waals surface area contributed by atoms with Crippen LogP contribution in [0.3, 0.4) is 0 Å². The Morgan fingerprint density at radius 3 is 2.24 bits per heavy atom. The van der Waals surface area contributed by atoms with E-state index in [0.717, 1.165) is 27.6 Å². The van der Waals surface area contributed by atoms with Gasteiger partial charge in [-0.1, -0.05) is 60.7 Å². The van der Waals surface area contributed by atoms with Crippen LogP contribution in [0.1, 0.15) is 16.7 Å². The van der Waals surface area contributed by atoms with E-state index in [1.54, 1.807) is 31.4 Å². The maximum Gasteiger partial charge on any atom is 0.282 e. The van der Waals surface area contributed by atoms with Gasteiger partial charge in [0.2, 0.25) is 0 Å². The number of fused-ring (bicyclic) bond motifs is 1. The fraction of sp³-hybridized carbons (Fsp3) is 0.103.